The standard InChI is InChI=1S/C10H9F3O2S/c11-10(12,13)8-3-1-2-7(6-4-5-6)9(8)16(14)15/h1-3,6H,4-5H2,(H,14,15)/p-1. The van der Waals surface area contributed by atoms with E-state index >= 15 is 0 Å². The van der Waals surface area contributed by atoms with Gasteiger partial charge in [0.15, 0.2) is 0 Å². The summed E-state index contributed by atoms with van der Waals surface area (Å²) in [5.41, 5.74) is -0.770. The highest BCUT2D eigenvalue weighted by molar-refractivity contribution is 7.79. The SMILES string of the molecule is O=S([O-])c1c(C2CC2)cccc1C(F)(F)F. The normalized spacial score (nSPS) is 18.5. The summed E-state index contributed by atoms with van der Waals surface area (Å²) in [6.07, 6.45) is -3.11. The average Bonchev–Trinajstić information content (AvgIpc) is 2.98. The van der Waals surface area contributed by atoms with Gasteiger partial charge in [0.2, 0.25) is 0 Å². The molecule has 1 fully saturated rings. The van der Waals surface area contributed by atoms with Crippen LogP contribution in [0.15, 0.2) is 23.1 Å². The monoisotopic (exact) mass is 249 g/mol. The topological polar surface area (TPSA) is 40.1 Å². The van der Waals surface area contributed by atoms with Crippen LogP contribution in [0.3, 0.4) is 0 Å². The third-order valence-electron chi connectivity index (χ3n) is 2.53. The number of hydrogen-bond donors (Lipinski definition) is 0. The summed E-state index contributed by atoms with van der Waals surface area (Å²) in [5.74, 6) is -0.0322. The van der Waals surface area contributed by atoms with Gasteiger partial charge < -0.3 is 4.55 Å². The third-order valence-corrected chi connectivity index (χ3v) is 3.32. The van der Waals surface area contributed by atoms with Crippen LogP contribution in [0.5, 0.6) is 0 Å². The zero-order valence-corrected chi connectivity index (χ0v) is 8.90. The average molecular weight is 249 g/mol. The van der Waals surface area contributed by atoms with Crippen LogP contribution in [0.2, 0.25) is 0 Å². The van der Waals surface area contributed by atoms with E-state index in [2.05, 4.69) is 0 Å². The molecular formula is C10H8F3O2S-. The fourth-order valence-electron chi connectivity index (χ4n) is 1.68. The maximum atomic E-state index is 12.6. The van der Waals surface area contributed by atoms with Crippen LogP contribution in [0.25, 0.3) is 0 Å². The van der Waals surface area contributed by atoms with Gasteiger partial charge in [-0.25, -0.2) is 0 Å². The predicted molar refractivity (Wildman–Crippen MR) is 50.6 cm³/mol. The van der Waals surface area contributed by atoms with Gasteiger partial charge in [0.1, 0.15) is 0 Å². The minimum absolute atomic E-state index is 0.0322. The van der Waals surface area contributed by atoms with Gasteiger partial charge in [0, 0.05) is 4.90 Å². The lowest BCUT2D eigenvalue weighted by molar-refractivity contribution is -0.140. The Morgan fingerprint density at radius 2 is 1.94 bits per heavy atom. The Balaban J connectivity index is 2.60. The lowest BCUT2D eigenvalue weighted by atomic mass is 10.1. The molecule has 1 saturated carbocycles. The summed E-state index contributed by atoms with van der Waals surface area (Å²) in [4.78, 5) is -0.586. The molecule has 6 heteroatoms. The van der Waals surface area contributed by atoms with Crippen molar-refractivity contribution in [3.05, 3.63) is 29.3 Å². The van der Waals surface area contributed by atoms with Gasteiger partial charge in [-0.15, -0.1) is 0 Å². The van der Waals surface area contributed by atoms with Crippen molar-refractivity contribution >= 4 is 11.1 Å². The summed E-state index contributed by atoms with van der Waals surface area (Å²) >= 11 is -2.85. The lowest BCUT2D eigenvalue weighted by Gasteiger charge is -2.18. The smallest absolute Gasteiger partial charge is 0.417 e. The zero-order chi connectivity index (χ0) is 11.9. The molecule has 2 nitrogen and oxygen atoms in total. The summed E-state index contributed by atoms with van der Waals surface area (Å²) in [6.45, 7) is 0. The molecular weight excluding hydrogens is 241 g/mol. The molecule has 0 spiro atoms. The van der Waals surface area contributed by atoms with Crippen LogP contribution in [0, 0.1) is 0 Å². The summed E-state index contributed by atoms with van der Waals surface area (Å²) < 4.78 is 59.6. The van der Waals surface area contributed by atoms with E-state index in [-0.39, 0.29) is 5.92 Å². The minimum Gasteiger partial charge on any atom is -0.768 e. The highest BCUT2D eigenvalue weighted by Crippen LogP contribution is 2.45. The Bertz CT molecular complexity index is 438. The van der Waals surface area contributed by atoms with E-state index in [4.69, 9.17) is 0 Å². The minimum atomic E-state index is -4.62. The van der Waals surface area contributed by atoms with Crippen molar-refractivity contribution in [1.82, 2.24) is 0 Å². The van der Waals surface area contributed by atoms with Gasteiger partial charge >= 0.3 is 6.18 Å². The molecule has 0 saturated heterocycles. The molecule has 0 bridgehead atoms. The molecule has 1 atom stereocenters. The largest absolute Gasteiger partial charge is 0.768 e. The van der Waals surface area contributed by atoms with Gasteiger partial charge in [-0.3, -0.25) is 4.21 Å². The van der Waals surface area contributed by atoms with Gasteiger partial charge in [-0.05, 0) is 41.5 Å². The second-order valence-electron chi connectivity index (χ2n) is 3.73. The molecule has 88 valence electrons. The van der Waals surface area contributed by atoms with E-state index in [1.807, 2.05) is 0 Å². The Labute approximate surface area is 92.8 Å². The van der Waals surface area contributed by atoms with Gasteiger partial charge in [0.05, 0.1) is 5.56 Å². The third kappa shape index (κ3) is 2.12. The fraction of sp³-hybridized carbons (Fsp3) is 0.400. The molecule has 1 aromatic rings. The van der Waals surface area contributed by atoms with E-state index in [1.165, 1.54) is 12.1 Å². The molecule has 2 rings (SSSR count). The van der Waals surface area contributed by atoms with E-state index in [9.17, 15) is 21.9 Å². The highest BCUT2D eigenvalue weighted by atomic mass is 32.2. The van der Waals surface area contributed by atoms with Crippen molar-refractivity contribution in [3.8, 4) is 0 Å². The Kier molecular flexibility index (Phi) is 2.79. The van der Waals surface area contributed by atoms with Crippen molar-refractivity contribution < 1.29 is 21.9 Å². The van der Waals surface area contributed by atoms with Crippen LogP contribution in [0.1, 0.15) is 29.9 Å². The van der Waals surface area contributed by atoms with Gasteiger partial charge in [0.25, 0.3) is 0 Å². The first-order chi connectivity index (χ1) is 7.41. The number of alkyl halides is 3. The first kappa shape index (κ1) is 11.6. The first-order valence-corrected chi connectivity index (χ1v) is 5.78. The quantitative estimate of drug-likeness (QED) is 0.756. The van der Waals surface area contributed by atoms with Gasteiger partial charge in [-0.2, -0.15) is 13.2 Å². The fourth-order valence-corrected chi connectivity index (χ4v) is 2.47. The second-order valence-corrected chi connectivity index (χ2v) is 4.61. The van der Waals surface area contributed by atoms with Crippen LogP contribution in [0.4, 0.5) is 13.2 Å². The molecule has 0 amide bonds. The number of rotatable bonds is 2. The van der Waals surface area contributed by atoms with Crippen molar-refractivity contribution in [2.45, 2.75) is 29.8 Å². The van der Waals surface area contributed by atoms with E-state index in [0.29, 0.717) is 5.56 Å². The molecule has 1 aliphatic carbocycles. The Morgan fingerprint density at radius 3 is 2.38 bits per heavy atom. The molecule has 0 radical (unpaired) electrons. The number of hydrogen-bond acceptors (Lipinski definition) is 2. The first-order valence-electron chi connectivity index (χ1n) is 4.70. The maximum absolute atomic E-state index is 12.6. The maximum Gasteiger partial charge on any atom is 0.417 e. The molecule has 0 N–H and O–H groups in total. The van der Waals surface area contributed by atoms with Crippen LogP contribution in [-0.4, -0.2) is 8.76 Å². The van der Waals surface area contributed by atoms with Crippen molar-refractivity contribution in [3.63, 3.8) is 0 Å². The van der Waals surface area contributed by atoms with Crippen LogP contribution >= 0.6 is 0 Å². The van der Waals surface area contributed by atoms with Gasteiger partial charge in [-0.1, -0.05) is 12.1 Å². The number of benzene rings is 1. The Morgan fingerprint density at radius 1 is 1.31 bits per heavy atom. The Hall–Kier alpha value is -0.880. The lowest BCUT2D eigenvalue weighted by Crippen LogP contribution is -2.12. The van der Waals surface area contributed by atoms with Crippen molar-refractivity contribution in [2.24, 2.45) is 0 Å². The summed E-state index contributed by atoms with van der Waals surface area (Å²) in [7, 11) is 0. The number of halogens is 3. The van der Waals surface area contributed by atoms with E-state index in [1.54, 1.807) is 0 Å². The zero-order valence-electron chi connectivity index (χ0n) is 8.08. The molecule has 0 heterocycles. The van der Waals surface area contributed by atoms with E-state index < -0.39 is 27.7 Å². The summed E-state index contributed by atoms with van der Waals surface area (Å²) in [5, 5.41) is 0. The predicted octanol–water partition coefficient (Wildman–Crippen LogP) is 2.82. The van der Waals surface area contributed by atoms with E-state index in [0.717, 1.165) is 18.9 Å². The molecule has 16 heavy (non-hydrogen) atoms. The molecule has 1 aromatic carbocycles. The van der Waals surface area contributed by atoms with Crippen molar-refractivity contribution in [2.75, 3.05) is 0 Å². The molecule has 0 aliphatic heterocycles. The van der Waals surface area contributed by atoms with Crippen molar-refractivity contribution in [1.29, 1.82) is 0 Å². The molecule has 1 unspecified atom stereocenters. The summed E-state index contributed by atoms with van der Waals surface area (Å²) in [6, 6.07) is 3.52. The second kappa shape index (κ2) is 3.85. The molecule has 1 aliphatic rings. The van der Waals surface area contributed by atoms with Crippen LogP contribution in [-0.2, 0) is 17.3 Å². The van der Waals surface area contributed by atoms with Crippen LogP contribution < -0.4 is 0 Å². The molecule has 0 aromatic heterocycles. The highest BCUT2D eigenvalue weighted by Gasteiger charge is 2.37.